The van der Waals surface area contributed by atoms with E-state index in [2.05, 4.69) is 10.6 Å². The number of para-hydroxylation sites is 1. The summed E-state index contributed by atoms with van der Waals surface area (Å²) < 4.78 is 11.2. The maximum absolute atomic E-state index is 11.9. The molecule has 0 bridgehead atoms. The summed E-state index contributed by atoms with van der Waals surface area (Å²) in [7, 11) is 1.76. The van der Waals surface area contributed by atoms with E-state index in [1.807, 2.05) is 72.8 Å². The molecular weight excluding hydrogens is 339 g/mol. The molecule has 0 spiro atoms. The first kappa shape index (κ1) is 17.2. The Hall–Kier alpha value is -3.25. The molecule has 133 valence electrons. The molecule has 1 aliphatic heterocycles. The quantitative estimate of drug-likeness (QED) is 0.687. The Morgan fingerprint density at radius 3 is 2.59 bits per heavy atom. The van der Waals surface area contributed by atoms with Crippen LogP contribution in [0, 0.1) is 0 Å². The van der Waals surface area contributed by atoms with E-state index in [4.69, 9.17) is 9.39 Å². The number of rotatable bonds is 5. The molecule has 0 aromatic heterocycles. The van der Waals surface area contributed by atoms with Crippen LogP contribution in [0.4, 0.5) is 10.5 Å². The second-order valence-electron chi connectivity index (χ2n) is 6.21. The number of hydrogen-bond acceptors (Lipinski definition) is 3. The lowest BCUT2D eigenvalue weighted by Gasteiger charge is -2.10. The van der Waals surface area contributed by atoms with Crippen LogP contribution in [0.2, 0.25) is 0 Å². The van der Waals surface area contributed by atoms with Gasteiger partial charge >= 0.3 is 13.5 Å². The lowest BCUT2D eigenvalue weighted by atomic mass is 9.87. The normalized spacial score (nSPS) is 12.0. The fourth-order valence-electron chi connectivity index (χ4n) is 2.80. The van der Waals surface area contributed by atoms with Crippen molar-refractivity contribution in [2.24, 2.45) is 0 Å². The maximum Gasteiger partial charge on any atom is 0.330 e. The van der Waals surface area contributed by atoms with Gasteiger partial charge in [-0.25, -0.2) is 4.79 Å². The second-order valence-corrected chi connectivity index (χ2v) is 6.21. The number of carbonyl (C=O) groups is 1. The third-order valence-electron chi connectivity index (χ3n) is 4.21. The lowest BCUT2D eigenvalue weighted by Crippen LogP contribution is -2.28. The third-order valence-corrected chi connectivity index (χ3v) is 4.21. The van der Waals surface area contributed by atoms with Gasteiger partial charge in [-0.2, -0.15) is 0 Å². The number of ether oxygens (including phenoxy) is 1. The summed E-state index contributed by atoms with van der Waals surface area (Å²) in [6.07, 6.45) is 0. The monoisotopic (exact) mass is 357 g/mol. The number of amides is 2. The molecule has 27 heavy (non-hydrogen) atoms. The molecule has 1 heterocycles. The molecule has 3 aromatic rings. The van der Waals surface area contributed by atoms with Crippen molar-refractivity contribution in [2.45, 2.75) is 13.2 Å². The molecule has 1 aliphatic rings. The molecule has 2 amide bonds. The zero-order chi connectivity index (χ0) is 18.5. The van der Waals surface area contributed by atoms with Crippen LogP contribution in [0.5, 0.6) is 11.5 Å². The highest BCUT2D eigenvalue weighted by atomic mass is 16.5. The molecule has 1 radical (unpaired) electrons. The molecule has 3 aromatic carbocycles. The van der Waals surface area contributed by atoms with Crippen LogP contribution in [0.15, 0.2) is 72.8 Å². The van der Waals surface area contributed by atoms with Crippen LogP contribution in [-0.2, 0) is 17.8 Å². The van der Waals surface area contributed by atoms with E-state index in [1.165, 1.54) is 0 Å². The van der Waals surface area contributed by atoms with E-state index in [-0.39, 0.29) is 6.03 Å². The van der Waals surface area contributed by atoms with Crippen molar-refractivity contribution in [3.05, 3.63) is 83.9 Å². The van der Waals surface area contributed by atoms with E-state index in [0.717, 1.165) is 33.8 Å². The summed E-state index contributed by atoms with van der Waals surface area (Å²) in [5.74, 6) is 1.52. The summed E-state index contributed by atoms with van der Waals surface area (Å²) in [5.41, 5.74) is 3.97. The summed E-state index contributed by atoms with van der Waals surface area (Å²) in [5, 5.41) is 5.63. The number of hydrogen-bond donors (Lipinski definition) is 2. The topological polar surface area (TPSA) is 59.6 Å². The minimum Gasteiger partial charge on any atom is -0.457 e. The predicted molar refractivity (Wildman–Crippen MR) is 105 cm³/mol. The molecule has 0 unspecified atom stereocenters. The smallest absolute Gasteiger partial charge is 0.330 e. The van der Waals surface area contributed by atoms with Crippen molar-refractivity contribution < 1.29 is 14.2 Å². The van der Waals surface area contributed by atoms with Gasteiger partial charge < -0.3 is 20.0 Å². The van der Waals surface area contributed by atoms with Crippen molar-refractivity contribution in [3.63, 3.8) is 0 Å². The van der Waals surface area contributed by atoms with Crippen LogP contribution < -0.4 is 20.8 Å². The summed E-state index contributed by atoms with van der Waals surface area (Å²) in [6.45, 7) is 1.02. The first-order chi connectivity index (χ1) is 13.3. The van der Waals surface area contributed by atoms with E-state index in [9.17, 15) is 4.79 Å². The van der Waals surface area contributed by atoms with E-state index in [1.54, 1.807) is 7.48 Å². The van der Waals surface area contributed by atoms with E-state index in [0.29, 0.717) is 13.2 Å². The summed E-state index contributed by atoms with van der Waals surface area (Å²) >= 11 is 0. The minimum absolute atomic E-state index is 0.237. The van der Waals surface area contributed by atoms with Gasteiger partial charge in [0.05, 0.1) is 6.61 Å². The highest BCUT2D eigenvalue weighted by Crippen LogP contribution is 2.23. The Morgan fingerprint density at radius 2 is 1.78 bits per heavy atom. The zero-order valence-electron chi connectivity index (χ0n) is 14.6. The summed E-state index contributed by atoms with van der Waals surface area (Å²) in [4.78, 5) is 11.9. The van der Waals surface area contributed by atoms with Crippen molar-refractivity contribution >= 4 is 24.7 Å². The zero-order valence-corrected chi connectivity index (χ0v) is 14.6. The third kappa shape index (κ3) is 4.48. The van der Waals surface area contributed by atoms with Crippen LogP contribution in [0.25, 0.3) is 0 Å². The first-order valence-corrected chi connectivity index (χ1v) is 8.71. The molecule has 0 aliphatic carbocycles. The molecular formula is C21H18BN2O3. The Kier molecular flexibility index (Phi) is 5.07. The number of carbonyl (C=O) groups excluding carboxylic acids is 1. The second kappa shape index (κ2) is 7.97. The first-order valence-electron chi connectivity index (χ1n) is 8.71. The molecule has 6 heteroatoms. The molecule has 5 nitrogen and oxygen atoms in total. The average molecular weight is 357 g/mol. The van der Waals surface area contributed by atoms with Gasteiger partial charge in [0.25, 0.3) is 0 Å². The molecule has 0 fully saturated rings. The van der Waals surface area contributed by atoms with Gasteiger partial charge in [0.2, 0.25) is 0 Å². The van der Waals surface area contributed by atoms with Gasteiger partial charge in [0.1, 0.15) is 11.5 Å². The van der Waals surface area contributed by atoms with Crippen molar-refractivity contribution in [1.82, 2.24) is 5.32 Å². The van der Waals surface area contributed by atoms with Crippen LogP contribution in [0.3, 0.4) is 0 Å². The molecule has 2 N–H and O–H groups in total. The van der Waals surface area contributed by atoms with E-state index >= 15 is 0 Å². The Morgan fingerprint density at radius 1 is 1.00 bits per heavy atom. The van der Waals surface area contributed by atoms with Crippen molar-refractivity contribution in [1.29, 1.82) is 0 Å². The van der Waals surface area contributed by atoms with Gasteiger partial charge in [0, 0.05) is 12.2 Å². The predicted octanol–water partition coefficient (Wildman–Crippen LogP) is 3.58. The van der Waals surface area contributed by atoms with Gasteiger partial charge in [-0.15, -0.1) is 0 Å². The number of benzene rings is 3. The van der Waals surface area contributed by atoms with E-state index < -0.39 is 0 Å². The highest BCUT2D eigenvalue weighted by Gasteiger charge is 2.14. The van der Waals surface area contributed by atoms with Gasteiger partial charge in [-0.1, -0.05) is 36.4 Å². The van der Waals surface area contributed by atoms with Crippen LogP contribution >= 0.6 is 0 Å². The Labute approximate surface area is 158 Å². The average Bonchev–Trinajstić information content (AvgIpc) is 3.16. The molecule has 0 saturated carbocycles. The Balaban J connectivity index is 1.30. The molecule has 4 rings (SSSR count). The molecule has 0 saturated heterocycles. The number of anilines is 1. The highest BCUT2D eigenvalue weighted by molar-refractivity contribution is 6.48. The molecule has 0 atom stereocenters. The van der Waals surface area contributed by atoms with Crippen molar-refractivity contribution in [3.8, 4) is 11.5 Å². The number of urea groups is 1. The fraction of sp³-hybridized carbons (Fsp3) is 0.0952. The van der Waals surface area contributed by atoms with Gasteiger partial charge in [-0.05, 0) is 53.0 Å². The fourth-order valence-corrected chi connectivity index (χ4v) is 2.80. The van der Waals surface area contributed by atoms with Crippen molar-refractivity contribution in [2.75, 3.05) is 5.32 Å². The van der Waals surface area contributed by atoms with Crippen LogP contribution in [0.1, 0.15) is 11.1 Å². The van der Waals surface area contributed by atoms with Gasteiger partial charge in [0.15, 0.2) is 0 Å². The largest absolute Gasteiger partial charge is 0.457 e. The standard InChI is InChI=1S/C21H18BN2O3/c25-21(24-17-4-2-1-3-5-17)23-13-15-6-8-18(9-7-15)27-19-10-11-20-16(12-19)14-26-22-20/h1-12H,13-14H2,(H2,23,24,25). The minimum atomic E-state index is -0.237. The summed E-state index contributed by atoms with van der Waals surface area (Å²) in [6, 6.07) is 22.6. The lowest BCUT2D eigenvalue weighted by molar-refractivity contribution is 0.251. The number of nitrogens with one attached hydrogen (secondary N) is 2. The van der Waals surface area contributed by atoms with Crippen LogP contribution in [-0.4, -0.2) is 13.5 Å². The Bertz CT molecular complexity index is 930. The van der Waals surface area contributed by atoms with Gasteiger partial charge in [-0.3, -0.25) is 0 Å². The SMILES string of the molecule is O=C(NCc1ccc(Oc2ccc3c(c2)CO[B]3)cc1)Nc1ccccc1. The maximum atomic E-state index is 11.9. The number of fused-ring (bicyclic) bond motifs is 1.